The summed E-state index contributed by atoms with van der Waals surface area (Å²) in [5.74, 6) is -2.00. The third-order valence-corrected chi connectivity index (χ3v) is 6.91. The molecule has 2 aromatic heterocycles. The predicted octanol–water partition coefficient (Wildman–Crippen LogP) is 2.53. The molecule has 0 N–H and O–H groups in total. The maximum Gasteiger partial charge on any atom is 0.316 e. The molecule has 1 fully saturated rings. The van der Waals surface area contributed by atoms with E-state index in [-0.39, 0.29) is 30.8 Å². The minimum absolute atomic E-state index is 0.180. The van der Waals surface area contributed by atoms with Crippen molar-refractivity contribution in [2.75, 3.05) is 13.1 Å². The molecule has 0 bridgehead atoms. The summed E-state index contributed by atoms with van der Waals surface area (Å²) in [6.45, 7) is 0.440. The maximum atomic E-state index is 13.8. The summed E-state index contributed by atoms with van der Waals surface area (Å²) in [5, 5.41) is 4.11. The number of nitrogens with zero attached hydrogens (tertiary/aromatic N) is 5. The Morgan fingerprint density at radius 3 is 2.45 bits per heavy atom. The topological polar surface area (TPSA) is 90.2 Å². The Morgan fingerprint density at radius 1 is 1.10 bits per heavy atom. The van der Waals surface area contributed by atoms with Crippen molar-refractivity contribution in [3.8, 4) is 17.1 Å². The fourth-order valence-electron chi connectivity index (χ4n) is 3.42. The zero-order chi connectivity index (χ0) is 22.0. The molecular weight excluding hydrogens is 428 g/mol. The van der Waals surface area contributed by atoms with Crippen LogP contribution in [0.5, 0.6) is 6.01 Å². The third kappa shape index (κ3) is 5.05. The average molecular weight is 449 g/mol. The molecule has 1 aromatic carbocycles. The largest absolute Gasteiger partial charge is 0.460 e. The number of aryl methyl sites for hydroxylation is 1. The highest BCUT2D eigenvalue weighted by molar-refractivity contribution is 7.88. The quantitative estimate of drug-likeness (QED) is 0.575. The average Bonchev–Trinajstić information content (AvgIpc) is 3.18. The summed E-state index contributed by atoms with van der Waals surface area (Å²) in [6, 6.07) is 3.02. The van der Waals surface area contributed by atoms with Crippen molar-refractivity contribution in [3.63, 3.8) is 0 Å². The molecule has 1 aliphatic rings. The Labute approximate surface area is 178 Å². The molecule has 3 aromatic rings. The van der Waals surface area contributed by atoms with E-state index < -0.39 is 27.4 Å². The normalized spacial score (nSPS) is 15.8. The molecule has 3 heterocycles. The highest BCUT2D eigenvalue weighted by atomic mass is 32.2. The first-order valence-corrected chi connectivity index (χ1v) is 11.3. The van der Waals surface area contributed by atoms with E-state index in [0.29, 0.717) is 12.8 Å². The van der Waals surface area contributed by atoms with E-state index in [1.54, 1.807) is 23.3 Å². The molecular formula is C20H21F2N5O3S. The SMILES string of the molecule is Cn1cc(-c2cnc(OC3CCN(S(=O)(=O)Cc4cc(F)ccc4F)CC3)nc2)cn1. The van der Waals surface area contributed by atoms with Gasteiger partial charge < -0.3 is 4.74 Å². The van der Waals surface area contributed by atoms with Crippen LogP contribution in [0.4, 0.5) is 8.78 Å². The molecule has 0 amide bonds. The number of hydrogen-bond donors (Lipinski definition) is 0. The number of hydrogen-bond acceptors (Lipinski definition) is 6. The van der Waals surface area contributed by atoms with Gasteiger partial charge in [0.2, 0.25) is 10.0 Å². The number of aromatic nitrogens is 4. The first-order valence-electron chi connectivity index (χ1n) is 9.69. The van der Waals surface area contributed by atoms with E-state index in [4.69, 9.17) is 4.74 Å². The first kappa shape index (κ1) is 21.3. The van der Waals surface area contributed by atoms with Crippen molar-refractivity contribution in [2.45, 2.75) is 24.7 Å². The van der Waals surface area contributed by atoms with E-state index in [0.717, 1.165) is 29.3 Å². The van der Waals surface area contributed by atoms with Gasteiger partial charge in [-0.1, -0.05) is 0 Å². The van der Waals surface area contributed by atoms with Crippen LogP contribution in [0.25, 0.3) is 11.1 Å². The second-order valence-electron chi connectivity index (χ2n) is 7.37. The molecule has 164 valence electrons. The number of ether oxygens (including phenoxy) is 1. The van der Waals surface area contributed by atoms with Crippen molar-refractivity contribution in [2.24, 2.45) is 7.05 Å². The van der Waals surface area contributed by atoms with Gasteiger partial charge in [-0.15, -0.1) is 0 Å². The zero-order valence-corrected chi connectivity index (χ0v) is 17.6. The number of halogens is 2. The summed E-state index contributed by atoms with van der Waals surface area (Å²) < 4.78 is 61.2. The van der Waals surface area contributed by atoms with Gasteiger partial charge in [-0.2, -0.15) is 5.10 Å². The van der Waals surface area contributed by atoms with Crippen LogP contribution in [0.3, 0.4) is 0 Å². The van der Waals surface area contributed by atoms with E-state index >= 15 is 0 Å². The van der Waals surface area contributed by atoms with Gasteiger partial charge in [0.05, 0.1) is 11.9 Å². The summed E-state index contributed by atoms with van der Waals surface area (Å²) in [6.07, 6.45) is 7.51. The number of benzene rings is 1. The molecule has 0 radical (unpaired) electrons. The van der Waals surface area contributed by atoms with Crippen LogP contribution in [0.1, 0.15) is 18.4 Å². The number of sulfonamides is 1. The van der Waals surface area contributed by atoms with E-state index in [2.05, 4.69) is 15.1 Å². The van der Waals surface area contributed by atoms with Crippen LogP contribution in [-0.2, 0) is 22.8 Å². The Morgan fingerprint density at radius 2 is 1.81 bits per heavy atom. The highest BCUT2D eigenvalue weighted by Gasteiger charge is 2.30. The molecule has 0 unspecified atom stereocenters. The summed E-state index contributed by atoms with van der Waals surface area (Å²) in [7, 11) is -1.95. The van der Waals surface area contributed by atoms with E-state index in [1.165, 1.54) is 4.31 Å². The van der Waals surface area contributed by atoms with Gasteiger partial charge in [0.25, 0.3) is 0 Å². The van der Waals surface area contributed by atoms with Crippen LogP contribution in [0.15, 0.2) is 43.0 Å². The molecule has 0 spiro atoms. The van der Waals surface area contributed by atoms with Crippen LogP contribution < -0.4 is 4.74 Å². The smallest absolute Gasteiger partial charge is 0.316 e. The third-order valence-electron chi connectivity index (χ3n) is 5.08. The van der Waals surface area contributed by atoms with Gasteiger partial charge in [0, 0.05) is 55.4 Å². The minimum atomic E-state index is -3.77. The molecule has 1 aliphatic heterocycles. The molecule has 8 nitrogen and oxygen atoms in total. The highest BCUT2D eigenvalue weighted by Crippen LogP contribution is 2.23. The van der Waals surface area contributed by atoms with Gasteiger partial charge in [0.15, 0.2) is 0 Å². The van der Waals surface area contributed by atoms with E-state index in [1.807, 2.05) is 13.2 Å². The van der Waals surface area contributed by atoms with Crippen molar-refractivity contribution in [3.05, 3.63) is 60.2 Å². The molecule has 0 saturated carbocycles. The first-order chi connectivity index (χ1) is 14.8. The lowest BCUT2D eigenvalue weighted by Gasteiger charge is -2.30. The maximum absolute atomic E-state index is 13.8. The van der Waals surface area contributed by atoms with Gasteiger partial charge in [-0.3, -0.25) is 4.68 Å². The van der Waals surface area contributed by atoms with Crippen molar-refractivity contribution >= 4 is 10.0 Å². The van der Waals surface area contributed by atoms with Gasteiger partial charge in [-0.05, 0) is 31.0 Å². The Balaban J connectivity index is 1.33. The van der Waals surface area contributed by atoms with Gasteiger partial charge in [0.1, 0.15) is 17.7 Å². The molecule has 4 rings (SSSR count). The summed E-state index contributed by atoms with van der Waals surface area (Å²) in [5.41, 5.74) is 1.52. The second kappa shape index (κ2) is 8.67. The van der Waals surface area contributed by atoms with Crippen LogP contribution >= 0.6 is 0 Å². The number of piperidine rings is 1. The van der Waals surface area contributed by atoms with Crippen LogP contribution in [0, 0.1) is 11.6 Å². The van der Waals surface area contributed by atoms with Crippen molar-refractivity contribution in [1.29, 1.82) is 0 Å². The minimum Gasteiger partial charge on any atom is -0.460 e. The van der Waals surface area contributed by atoms with Gasteiger partial charge >= 0.3 is 6.01 Å². The standard InChI is InChI=1S/C20H21F2N5O3S/c1-26-12-16(11-25-26)15-9-23-20(24-10-15)30-18-4-6-27(7-5-18)31(28,29)13-14-8-17(21)2-3-19(14)22/h2-3,8-12,18H,4-7,13H2,1H3. The lowest BCUT2D eigenvalue weighted by molar-refractivity contribution is 0.124. The Kier molecular flexibility index (Phi) is 5.96. The fourth-order valence-corrected chi connectivity index (χ4v) is 4.98. The lowest BCUT2D eigenvalue weighted by atomic mass is 10.1. The van der Waals surface area contributed by atoms with Crippen LogP contribution in [-0.4, -0.2) is 51.7 Å². The number of rotatable bonds is 6. The molecule has 11 heteroatoms. The van der Waals surface area contributed by atoms with Crippen molar-refractivity contribution in [1.82, 2.24) is 24.1 Å². The monoisotopic (exact) mass is 449 g/mol. The fraction of sp³-hybridized carbons (Fsp3) is 0.350. The Hall–Kier alpha value is -2.92. The lowest BCUT2D eigenvalue weighted by Crippen LogP contribution is -2.42. The van der Waals surface area contributed by atoms with Gasteiger partial charge in [-0.25, -0.2) is 31.5 Å². The molecule has 0 atom stereocenters. The van der Waals surface area contributed by atoms with Crippen molar-refractivity contribution < 1.29 is 21.9 Å². The molecule has 1 saturated heterocycles. The molecule has 31 heavy (non-hydrogen) atoms. The summed E-state index contributed by atoms with van der Waals surface area (Å²) >= 11 is 0. The second-order valence-corrected chi connectivity index (χ2v) is 9.33. The Bertz CT molecular complexity index is 1160. The zero-order valence-electron chi connectivity index (χ0n) is 16.8. The van der Waals surface area contributed by atoms with Crippen LogP contribution in [0.2, 0.25) is 0 Å². The molecule has 0 aliphatic carbocycles. The summed E-state index contributed by atoms with van der Waals surface area (Å²) in [4.78, 5) is 8.44. The van der Waals surface area contributed by atoms with E-state index in [9.17, 15) is 17.2 Å². The predicted molar refractivity (Wildman–Crippen MR) is 108 cm³/mol.